The number of fused-ring (bicyclic) bond motifs is 1. The van der Waals surface area contributed by atoms with Crippen LogP contribution in [-0.2, 0) is 4.74 Å². The second kappa shape index (κ2) is 2.83. The van der Waals surface area contributed by atoms with Gasteiger partial charge in [-0.25, -0.2) is 0 Å². The van der Waals surface area contributed by atoms with Crippen LogP contribution in [-0.4, -0.2) is 23.2 Å². The van der Waals surface area contributed by atoms with Crippen molar-refractivity contribution < 1.29 is 9.84 Å². The van der Waals surface area contributed by atoms with Crippen LogP contribution in [0.4, 0.5) is 0 Å². The van der Waals surface area contributed by atoms with Crippen LogP contribution in [0, 0.1) is 0 Å². The molecule has 3 nitrogen and oxygen atoms in total. The molecule has 2 rings (SSSR count). The maximum atomic E-state index is 9.59. The van der Waals surface area contributed by atoms with Crippen LogP contribution in [0.5, 0.6) is 0 Å². The zero-order valence-electron chi connectivity index (χ0n) is 7.82. The number of hydrogen-bond donors (Lipinski definition) is 1. The molecule has 0 aliphatic carbocycles. The molecule has 0 aromatic heterocycles. The van der Waals surface area contributed by atoms with Gasteiger partial charge in [0.05, 0.1) is 5.57 Å². The first-order chi connectivity index (χ1) is 6.20. The maximum absolute atomic E-state index is 9.59. The zero-order valence-corrected chi connectivity index (χ0v) is 7.82. The Bertz CT molecular complexity index is 315. The van der Waals surface area contributed by atoms with Crippen molar-refractivity contribution >= 4 is 0 Å². The van der Waals surface area contributed by atoms with Gasteiger partial charge < -0.3 is 14.7 Å². The van der Waals surface area contributed by atoms with E-state index in [1.54, 1.807) is 11.1 Å². The van der Waals surface area contributed by atoms with Crippen LogP contribution < -0.4 is 0 Å². The lowest BCUT2D eigenvalue weighted by Crippen LogP contribution is -2.11. The summed E-state index contributed by atoms with van der Waals surface area (Å²) in [5, 5.41) is 9.59. The van der Waals surface area contributed by atoms with E-state index in [1.807, 2.05) is 19.3 Å². The van der Waals surface area contributed by atoms with Crippen molar-refractivity contribution in [3.8, 4) is 0 Å². The Balaban J connectivity index is 2.31. The number of hydrogen-bond acceptors (Lipinski definition) is 3. The predicted octanol–water partition coefficient (Wildman–Crippen LogP) is 1.91. The van der Waals surface area contributed by atoms with E-state index < -0.39 is 0 Å². The summed E-state index contributed by atoms with van der Waals surface area (Å²) in [6, 6.07) is 0. The normalized spacial score (nSPS) is 25.8. The minimum Gasteiger partial charge on any atom is -0.506 e. The second-order valence-corrected chi connectivity index (χ2v) is 3.32. The van der Waals surface area contributed by atoms with E-state index in [9.17, 15) is 5.11 Å². The Morgan fingerprint density at radius 1 is 1.54 bits per heavy atom. The molecule has 2 heterocycles. The smallest absolute Gasteiger partial charge is 0.147 e. The molecule has 0 radical (unpaired) electrons. The van der Waals surface area contributed by atoms with Gasteiger partial charge in [0.15, 0.2) is 0 Å². The number of aliphatic hydroxyl groups is 1. The third-order valence-corrected chi connectivity index (χ3v) is 2.22. The molecular formula is C10H13NO2. The number of rotatable bonds is 1. The van der Waals surface area contributed by atoms with E-state index in [0.717, 1.165) is 17.8 Å². The highest BCUT2D eigenvalue weighted by Crippen LogP contribution is 2.32. The van der Waals surface area contributed by atoms with Crippen LogP contribution in [0.3, 0.4) is 0 Å². The van der Waals surface area contributed by atoms with E-state index in [2.05, 4.69) is 6.92 Å². The summed E-state index contributed by atoms with van der Waals surface area (Å²) in [7, 11) is 1.86. The summed E-state index contributed by atoms with van der Waals surface area (Å²) < 4.78 is 5.58. The number of ether oxygens (including phenoxy) is 1. The molecule has 1 N–H and O–H groups in total. The lowest BCUT2D eigenvalue weighted by Gasteiger charge is -2.17. The van der Waals surface area contributed by atoms with Gasteiger partial charge in [0.25, 0.3) is 0 Å². The molecule has 2 aliphatic heterocycles. The van der Waals surface area contributed by atoms with Gasteiger partial charge in [-0.3, -0.25) is 0 Å². The molecule has 13 heavy (non-hydrogen) atoms. The number of aliphatic hydroxyl groups excluding tert-OH is 1. The molecule has 1 atom stereocenters. The van der Waals surface area contributed by atoms with E-state index in [-0.39, 0.29) is 11.9 Å². The first-order valence-corrected chi connectivity index (χ1v) is 4.44. The molecular weight excluding hydrogens is 166 g/mol. The summed E-state index contributed by atoms with van der Waals surface area (Å²) >= 11 is 0. The summed E-state index contributed by atoms with van der Waals surface area (Å²) in [6.07, 6.45) is 6.56. The Hall–Kier alpha value is -1.38. The van der Waals surface area contributed by atoms with Crippen LogP contribution >= 0.6 is 0 Å². The van der Waals surface area contributed by atoms with Crippen molar-refractivity contribution in [1.82, 2.24) is 4.90 Å². The van der Waals surface area contributed by atoms with Crippen LogP contribution in [0.15, 0.2) is 35.6 Å². The minimum absolute atomic E-state index is 0.114. The Kier molecular flexibility index (Phi) is 1.79. The monoisotopic (exact) mass is 179 g/mol. The maximum Gasteiger partial charge on any atom is 0.147 e. The van der Waals surface area contributed by atoms with Crippen molar-refractivity contribution in [2.24, 2.45) is 0 Å². The molecule has 0 aromatic rings. The van der Waals surface area contributed by atoms with Crippen LogP contribution in [0.1, 0.15) is 13.3 Å². The molecule has 1 unspecified atom stereocenters. The van der Waals surface area contributed by atoms with Crippen LogP contribution in [0.2, 0.25) is 0 Å². The highest BCUT2D eigenvalue weighted by Gasteiger charge is 2.26. The van der Waals surface area contributed by atoms with Gasteiger partial charge in [-0.15, -0.1) is 0 Å². The Morgan fingerprint density at radius 3 is 3.00 bits per heavy atom. The van der Waals surface area contributed by atoms with E-state index in [0.29, 0.717) is 0 Å². The molecule has 0 bridgehead atoms. The molecule has 0 amide bonds. The Morgan fingerprint density at radius 2 is 2.31 bits per heavy atom. The molecule has 70 valence electrons. The fourth-order valence-corrected chi connectivity index (χ4v) is 1.53. The first kappa shape index (κ1) is 8.23. The second-order valence-electron chi connectivity index (χ2n) is 3.32. The van der Waals surface area contributed by atoms with Crippen LogP contribution in [0.25, 0.3) is 0 Å². The van der Waals surface area contributed by atoms with Gasteiger partial charge in [0.1, 0.15) is 17.6 Å². The third-order valence-electron chi connectivity index (χ3n) is 2.22. The molecule has 0 fully saturated rings. The lowest BCUT2D eigenvalue weighted by molar-refractivity contribution is 0.170. The van der Waals surface area contributed by atoms with Crippen molar-refractivity contribution in [3.63, 3.8) is 0 Å². The molecule has 0 saturated carbocycles. The molecule has 0 saturated heterocycles. The standard InChI is InChI=1S/C10H13NO2/c1-3-7-4-8-9(12)5-11(2)6-10(8)13-7/h4-7,12H,3H2,1-2H3. The quantitative estimate of drug-likeness (QED) is 0.667. The van der Waals surface area contributed by atoms with Crippen molar-refractivity contribution in [2.75, 3.05) is 7.05 Å². The highest BCUT2D eigenvalue weighted by molar-refractivity contribution is 5.46. The molecule has 0 spiro atoms. The van der Waals surface area contributed by atoms with Gasteiger partial charge in [0.2, 0.25) is 0 Å². The predicted molar refractivity (Wildman–Crippen MR) is 49.8 cm³/mol. The molecule has 3 heteroatoms. The molecule has 2 aliphatic rings. The average Bonchev–Trinajstić information content (AvgIpc) is 2.47. The van der Waals surface area contributed by atoms with Gasteiger partial charge in [-0.2, -0.15) is 0 Å². The zero-order chi connectivity index (χ0) is 9.42. The van der Waals surface area contributed by atoms with Crippen molar-refractivity contribution in [3.05, 3.63) is 35.6 Å². The van der Waals surface area contributed by atoms with E-state index in [4.69, 9.17) is 4.74 Å². The summed E-state index contributed by atoms with van der Waals surface area (Å²) in [4.78, 5) is 1.79. The fraction of sp³-hybridized carbons (Fsp3) is 0.400. The van der Waals surface area contributed by atoms with Gasteiger partial charge in [-0.05, 0) is 12.5 Å². The SMILES string of the molecule is CCC1C=C2C(O)=CN(C)C=C2O1. The van der Waals surface area contributed by atoms with Crippen molar-refractivity contribution in [2.45, 2.75) is 19.4 Å². The number of nitrogens with zero attached hydrogens (tertiary/aromatic N) is 1. The van der Waals surface area contributed by atoms with E-state index in [1.165, 1.54) is 0 Å². The summed E-state index contributed by atoms with van der Waals surface area (Å²) in [5.41, 5.74) is 0.824. The largest absolute Gasteiger partial charge is 0.506 e. The van der Waals surface area contributed by atoms with E-state index >= 15 is 0 Å². The molecule has 0 aromatic carbocycles. The first-order valence-electron chi connectivity index (χ1n) is 4.44. The summed E-state index contributed by atoms with van der Waals surface area (Å²) in [5.74, 6) is 1.06. The third kappa shape index (κ3) is 1.30. The van der Waals surface area contributed by atoms with Crippen molar-refractivity contribution in [1.29, 1.82) is 0 Å². The topological polar surface area (TPSA) is 32.7 Å². The summed E-state index contributed by atoms with van der Waals surface area (Å²) in [6.45, 7) is 2.06. The Labute approximate surface area is 77.6 Å². The lowest BCUT2D eigenvalue weighted by atomic mass is 10.1. The highest BCUT2D eigenvalue weighted by atomic mass is 16.5. The fourth-order valence-electron chi connectivity index (χ4n) is 1.53. The minimum atomic E-state index is 0.114. The van der Waals surface area contributed by atoms with Gasteiger partial charge in [-0.1, -0.05) is 6.92 Å². The van der Waals surface area contributed by atoms with Gasteiger partial charge >= 0.3 is 0 Å². The van der Waals surface area contributed by atoms with Gasteiger partial charge in [0, 0.05) is 19.4 Å². The average molecular weight is 179 g/mol.